The topological polar surface area (TPSA) is 76.4 Å². The maximum atomic E-state index is 13.0. The Kier molecular flexibility index (Phi) is 5.68. The van der Waals surface area contributed by atoms with Gasteiger partial charge in [0.15, 0.2) is 5.78 Å². The SMILES string of the molecule is O=C(Nc1nc2scc(-c3cc(Cl)ccc3Cl)n2n1)c1ccccc1C(=O)c1ccccc1. The fourth-order valence-corrected chi connectivity index (χ4v) is 4.62. The van der Waals surface area contributed by atoms with Gasteiger partial charge in [-0.3, -0.25) is 14.9 Å². The van der Waals surface area contributed by atoms with Gasteiger partial charge in [-0.1, -0.05) is 71.7 Å². The molecule has 9 heteroatoms. The summed E-state index contributed by atoms with van der Waals surface area (Å²) < 4.78 is 1.60. The van der Waals surface area contributed by atoms with Gasteiger partial charge in [-0.2, -0.15) is 4.98 Å². The number of anilines is 1. The van der Waals surface area contributed by atoms with E-state index in [-0.39, 0.29) is 17.3 Å². The first kappa shape index (κ1) is 21.3. The highest BCUT2D eigenvalue weighted by Gasteiger charge is 2.20. The summed E-state index contributed by atoms with van der Waals surface area (Å²) in [6, 6.07) is 20.6. The zero-order valence-electron chi connectivity index (χ0n) is 16.8. The van der Waals surface area contributed by atoms with Gasteiger partial charge < -0.3 is 0 Å². The minimum absolute atomic E-state index is 0.119. The third-order valence-corrected chi connectivity index (χ3v) is 6.34. The smallest absolute Gasteiger partial charge is 0.258 e. The maximum absolute atomic E-state index is 13.0. The van der Waals surface area contributed by atoms with Crippen molar-refractivity contribution in [2.45, 2.75) is 0 Å². The first-order valence-electron chi connectivity index (χ1n) is 9.81. The van der Waals surface area contributed by atoms with Gasteiger partial charge in [-0.15, -0.1) is 16.4 Å². The Balaban J connectivity index is 1.46. The number of carbonyl (C=O) groups excluding carboxylic acids is 2. The molecular weight excluding hydrogens is 479 g/mol. The molecule has 0 fully saturated rings. The molecule has 0 unspecified atom stereocenters. The van der Waals surface area contributed by atoms with Gasteiger partial charge in [0.2, 0.25) is 4.96 Å². The normalized spacial score (nSPS) is 11.0. The van der Waals surface area contributed by atoms with Crippen LogP contribution >= 0.6 is 34.5 Å². The number of fused-ring (bicyclic) bond motifs is 1. The van der Waals surface area contributed by atoms with Crippen LogP contribution in [0.4, 0.5) is 5.95 Å². The van der Waals surface area contributed by atoms with Crippen LogP contribution in [0.15, 0.2) is 78.2 Å². The molecule has 1 amide bonds. The first-order valence-corrected chi connectivity index (χ1v) is 11.4. The molecule has 5 rings (SSSR count). The monoisotopic (exact) mass is 492 g/mol. The van der Waals surface area contributed by atoms with E-state index >= 15 is 0 Å². The molecule has 6 nitrogen and oxygen atoms in total. The molecule has 0 aliphatic carbocycles. The lowest BCUT2D eigenvalue weighted by Gasteiger charge is -2.08. The number of aromatic nitrogens is 3. The van der Waals surface area contributed by atoms with Gasteiger partial charge in [0.1, 0.15) is 0 Å². The van der Waals surface area contributed by atoms with E-state index in [2.05, 4.69) is 15.4 Å². The molecule has 0 bridgehead atoms. The molecular formula is C24H14Cl2N4O2S. The average molecular weight is 493 g/mol. The van der Waals surface area contributed by atoms with E-state index in [1.54, 1.807) is 71.2 Å². The lowest BCUT2D eigenvalue weighted by Crippen LogP contribution is -2.17. The largest absolute Gasteiger partial charge is 0.289 e. The van der Waals surface area contributed by atoms with Crippen molar-refractivity contribution in [3.05, 3.63) is 105 Å². The summed E-state index contributed by atoms with van der Waals surface area (Å²) in [7, 11) is 0. The van der Waals surface area contributed by atoms with Gasteiger partial charge in [0.25, 0.3) is 11.9 Å². The molecule has 0 aliphatic rings. The Morgan fingerprint density at radius 1 is 0.909 bits per heavy atom. The maximum Gasteiger partial charge on any atom is 0.258 e. The highest BCUT2D eigenvalue weighted by molar-refractivity contribution is 7.15. The van der Waals surface area contributed by atoms with Crippen molar-refractivity contribution >= 4 is 57.1 Å². The summed E-state index contributed by atoms with van der Waals surface area (Å²) in [5.41, 5.74) is 2.45. The van der Waals surface area contributed by atoms with Gasteiger partial charge in [-0.05, 0) is 24.3 Å². The fraction of sp³-hybridized carbons (Fsp3) is 0. The quantitative estimate of drug-likeness (QED) is 0.294. The summed E-state index contributed by atoms with van der Waals surface area (Å²) in [4.78, 5) is 30.9. The van der Waals surface area contributed by atoms with E-state index in [1.165, 1.54) is 11.3 Å². The van der Waals surface area contributed by atoms with Crippen LogP contribution in [0.3, 0.4) is 0 Å². The van der Waals surface area contributed by atoms with E-state index in [1.807, 2.05) is 11.4 Å². The third-order valence-electron chi connectivity index (χ3n) is 4.96. The molecule has 3 aromatic carbocycles. The summed E-state index contributed by atoms with van der Waals surface area (Å²) in [5, 5.41) is 10.0. The van der Waals surface area contributed by atoms with Crippen molar-refractivity contribution < 1.29 is 9.59 Å². The second kappa shape index (κ2) is 8.78. The van der Waals surface area contributed by atoms with Gasteiger partial charge >= 0.3 is 0 Å². The van der Waals surface area contributed by atoms with Crippen LogP contribution < -0.4 is 5.32 Å². The molecule has 33 heavy (non-hydrogen) atoms. The number of thiazole rings is 1. The second-order valence-corrected chi connectivity index (χ2v) is 8.75. The van der Waals surface area contributed by atoms with Crippen molar-refractivity contribution in [3.63, 3.8) is 0 Å². The van der Waals surface area contributed by atoms with Crippen LogP contribution in [0.1, 0.15) is 26.3 Å². The van der Waals surface area contributed by atoms with Crippen LogP contribution in [0.5, 0.6) is 0 Å². The van der Waals surface area contributed by atoms with Gasteiger partial charge in [-0.25, -0.2) is 4.52 Å². The van der Waals surface area contributed by atoms with E-state index in [0.717, 1.165) is 0 Å². The summed E-state index contributed by atoms with van der Waals surface area (Å²) in [5.74, 6) is -0.596. The van der Waals surface area contributed by atoms with Crippen molar-refractivity contribution in [3.8, 4) is 11.3 Å². The minimum Gasteiger partial charge on any atom is -0.289 e. The number of rotatable bonds is 5. The van der Waals surface area contributed by atoms with Crippen molar-refractivity contribution in [1.29, 1.82) is 0 Å². The van der Waals surface area contributed by atoms with Crippen molar-refractivity contribution in [2.24, 2.45) is 0 Å². The number of nitrogens with zero attached hydrogens (tertiary/aromatic N) is 3. The predicted molar refractivity (Wildman–Crippen MR) is 131 cm³/mol. The Morgan fingerprint density at radius 2 is 1.64 bits per heavy atom. The van der Waals surface area contributed by atoms with Crippen LogP contribution in [0, 0.1) is 0 Å². The summed E-state index contributed by atoms with van der Waals surface area (Å²) in [6.07, 6.45) is 0. The van der Waals surface area contributed by atoms with Gasteiger partial charge in [0.05, 0.1) is 16.3 Å². The Hall–Kier alpha value is -3.52. The Labute approximate surface area is 202 Å². The molecule has 0 atom stereocenters. The van der Waals surface area contributed by atoms with Crippen LogP contribution in [0.2, 0.25) is 10.0 Å². The van der Waals surface area contributed by atoms with E-state index in [0.29, 0.717) is 37.4 Å². The third kappa shape index (κ3) is 4.14. The number of halogens is 2. The molecule has 0 saturated heterocycles. The molecule has 0 saturated carbocycles. The molecule has 2 heterocycles. The number of benzene rings is 3. The molecule has 1 N–H and O–H groups in total. The minimum atomic E-state index is -0.476. The lowest BCUT2D eigenvalue weighted by atomic mass is 9.98. The molecule has 0 aliphatic heterocycles. The van der Waals surface area contributed by atoms with E-state index in [9.17, 15) is 9.59 Å². The predicted octanol–water partition coefficient (Wildman–Crippen LogP) is 6.25. The second-order valence-electron chi connectivity index (χ2n) is 7.07. The fourth-order valence-electron chi connectivity index (χ4n) is 3.41. The standard InChI is InChI=1S/C24H14Cl2N4O2S/c25-15-10-11-19(26)18(12-15)20-13-33-24-28-23(29-30(20)24)27-22(32)17-9-5-4-8-16(17)21(31)14-6-2-1-3-7-14/h1-13H,(H,27,29,32). The molecule has 0 radical (unpaired) electrons. The number of hydrogen-bond donors (Lipinski definition) is 1. The molecule has 2 aromatic heterocycles. The Bertz CT molecular complexity index is 1510. The zero-order valence-corrected chi connectivity index (χ0v) is 19.2. The van der Waals surface area contributed by atoms with Crippen LogP contribution in [0.25, 0.3) is 16.2 Å². The van der Waals surface area contributed by atoms with Gasteiger partial charge in [0, 0.05) is 27.1 Å². The van der Waals surface area contributed by atoms with E-state index < -0.39 is 5.91 Å². The van der Waals surface area contributed by atoms with Crippen molar-refractivity contribution in [1.82, 2.24) is 14.6 Å². The number of amides is 1. The Morgan fingerprint density at radius 3 is 2.42 bits per heavy atom. The van der Waals surface area contributed by atoms with Crippen LogP contribution in [-0.4, -0.2) is 26.3 Å². The number of ketones is 1. The summed E-state index contributed by atoms with van der Waals surface area (Å²) in [6.45, 7) is 0. The molecule has 162 valence electrons. The molecule has 5 aromatic rings. The summed E-state index contributed by atoms with van der Waals surface area (Å²) >= 11 is 13.8. The highest BCUT2D eigenvalue weighted by atomic mass is 35.5. The van der Waals surface area contributed by atoms with Crippen LogP contribution in [-0.2, 0) is 0 Å². The van der Waals surface area contributed by atoms with Crippen molar-refractivity contribution in [2.75, 3.05) is 5.32 Å². The zero-order chi connectivity index (χ0) is 22.9. The lowest BCUT2D eigenvalue weighted by molar-refractivity contribution is 0.0996. The average Bonchev–Trinajstić information content (AvgIpc) is 3.41. The number of carbonyl (C=O) groups is 2. The first-order chi connectivity index (χ1) is 16.0. The van der Waals surface area contributed by atoms with E-state index in [4.69, 9.17) is 23.2 Å². The highest BCUT2D eigenvalue weighted by Crippen LogP contribution is 2.33. The number of hydrogen-bond acceptors (Lipinski definition) is 5. The molecule has 0 spiro atoms. The number of nitrogens with one attached hydrogen (secondary N) is 1.